The molecule has 5 heteroatoms. The minimum Gasteiger partial charge on any atom is -0.291 e. The second-order valence-corrected chi connectivity index (χ2v) is 6.58. The van der Waals surface area contributed by atoms with Gasteiger partial charge in [0.05, 0.1) is 5.69 Å². The van der Waals surface area contributed by atoms with Crippen LogP contribution in [0.15, 0.2) is 17.5 Å². The highest BCUT2D eigenvalue weighted by atomic mass is 35.5. The van der Waals surface area contributed by atoms with E-state index in [0.29, 0.717) is 0 Å². The molecule has 1 aliphatic rings. The Morgan fingerprint density at radius 3 is 2.79 bits per heavy atom. The van der Waals surface area contributed by atoms with E-state index in [1.807, 2.05) is 25.3 Å². The zero-order chi connectivity index (χ0) is 13.4. The largest absolute Gasteiger partial charge is 0.291 e. The van der Waals surface area contributed by atoms with Crippen LogP contribution in [0.25, 0.3) is 0 Å². The maximum Gasteiger partial charge on any atom is 0.131 e. The molecule has 0 bridgehead atoms. The third kappa shape index (κ3) is 2.86. The summed E-state index contributed by atoms with van der Waals surface area (Å²) in [5.74, 6) is 0. The predicted molar refractivity (Wildman–Crippen MR) is 79.5 cm³/mol. The Balaban J connectivity index is 1.78. The first-order valence-electron chi connectivity index (χ1n) is 6.59. The van der Waals surface area contributed by atoms with Crippen molar-refractivity contribution in [3.05, 3.63) is 38.8 Å². The van der Waals surface area contributed by atoms with Crippen molar-refractivity contribution >= 4 is 22.9 Å². The van der Waals surface area contributed by atoms with Gasteiger partial charge in [-0.1, -0.05) is 17.7 Å². The van der Waals surface area contributed by atoms with E-state index in [9.17, 15) is 0 Å². The Kier molecular flexibility index (Phi) is 3.65. The van der Waals surface area contributed by atoms with Crippen molar-refractivity contribution in [2.75, 3.05) is 0 Å². The van der Waals surface area contributed by atoms with Gasteiger partial charge in [0.1, 0.15) is 5.15 Å². The number of hydrogen-bond acceptors (Lipinski definition) is 3. The lowest BCUT2D eigenvalue weighted by molar-refractivity contribution is 0.247. The van der Waals surface area contributed by atoms with E-state index in [1.54, 1.807) is 4.68 Å². The standard InChI is InChI=1S/C14H18ClN3S/c1-10-13(14(15)17(2)16-10)9-18(11-5-6-11)8-12-4-3-7-19-12/h3-4,7,11H,5-6,8-9H2,1-2H3. The summed E-state index contributed by atoms with van der Waals surface area (Å²) in [5.41, 5.74) is 2.22. The van der Waals surface area contributed by atoms with Crippen LogP contribution < -0.4 is 0 Å². The van der Waals surface area contributed by atoms with Crippen LogP contribution in [-0.4, -0.2) is 20.7 Å². The Hall–Kier alpha value is -0.840. The van der Waals surface area contributed by atoms with Crippen LogP contribution in [0.4, 0.5) is 0 Å². The number of aromatic nitrogens is 2. The third-order valence-corrected chi connectivity index (χ3v) is 4.97. The summed E-state index contributed by atoms with van der Waals surface area (Å²) in [5, 5.41) is 7.32. The number of aryl methyl sites for hydroxylation is 2. The molecule has 3 rings (SSSR count). The second kappa shape index (κ2) is 5.27. The molecule has 1 aliphatic carbocycles. The van der Waals surface area contributed by atoms with Gasteiger partial charge in [0.15, 0.2) is 0 Å². The highest BCUT2D eigenvalue weighted by molar-refractivity contribution is 7.09. The van der Waals surface area contributed by atoms with E-state index >= 15 is 0 Å². The van der Waals surface area contributed by atoms with Gasteiger partial charge in [0, 0.05) is 36.6 Å². The second-order valence-electron chi connectivity index (χ2n) is 5.19. The Morgan fingerprint density at radius 2 is 2.26 bits per heavy atom. The first kappa shape index (κ1) is 13.2. The molecule has 2 heterocycles. The summed E-state index contributed by atoms with van der Waals surface area (Å²) in [6, 6.07) is 5.04. The van der Waals surface area contributed by atoms with Gasteiger partial charge in [0.25, 0.3) is 0 Å². The topological polar surface area (TPSA) is 21.1 Å². The molecule has 19 heavy (non-hydrogen) atoms. The molecule has 0 atom stereocenters. The van der Waals surface area contributed by atoms with Gasteiger partial charge in [0.2, 0.25) is 0 Å². The van der Waals surface area contributed by atoms with Gasteiger partial charge in [-0.3, -0.25) is 9.58 Å². The van der Waals surface area contributed by atoms with Gasteiger partial charge < -0.3 is 0 Å². The van der Waals surface area contributed by atoms with Crippen LogP contribution in [0.1, 0.15) is 29.0 Å². The van der Waals surface area contributed by atoms with Gasteiger partial charge in [-0.05, 0) is 31.2 Å². The van der Waals surface area contributed by atoms with E-state index in [-0.39, 0.29) is 0 Å². The molecule has 3 nitrogen and oxygen atoms in total. The highest BCUT2D eigenvalue weighted by Gasteiger charge is 2.30. The van der Waals surface area contributed by atoms with Crippen LogP contribution in [0, 0.1) is 6.92 Å². The van der Waals surface area contributed by atoms with Crippen molar-refractivity contribution in [3.8, 4) is 0 Å². The SMILES string of the molecule is Cc1nn(C)c(Cl)c1CN(Cc1cccs1)C1CC1. The summed E-state index contributed by atoms with van der Waals surface area (Å²) >= 11 is 8.17. The summed E-state index contributed by atoms with van der Waals surface area (Å²) < 4.78 is 1.77. The summed E-state index contributed by atoms with van der Waals surface area (Å²) in [7, 11) is 1.90. The minimum absolute atomic E-state index is 0.720. The Labute approximate surface area is 122 Å². The molecule has 0 saturated heterocycles. The van der Waals surface area contributed by atoms with Crippen molar-refractivity contribution < 1.29 is 0 Å². The molecule has 0 amide bonds. The highest BCUT2D eigenvalue weighted by Crippen LogP contribution is 2.32. The van der Waals surface area contributed by atoms with Crippen molar-refractivity contribution in [1.29, 1.82) is 0 Å². The fourth-order valence-electron chi connectivity index (χ4n) is 2.41. The maximum absolute atomic E-state index is 6.34. The van der Waals surface area contributed by atoms with Crippen LogP contribution >= 0.6 is 22.9 Å². The monoisotopic (exact) mass is 295 g/mol. The molecule has 2 aromatic rings. The molecule has 1 saturated carbocycles. The van der Waals surface area contributed by atoms with E-state index in [0.717, 1.165) is 30.0 Å². The van der Waals surface area contributed by atoms with Crippen LogP contribution in [0.3, 0.4) is 0 Å². The van der Waals surface area contributed by atoms with E-state index in [2.05, 4.69) is 27.5 Å². The molecule has 2 aromatic heterocycles. The summed E-state index contributed by atoms with van der Waals surface area (Å²) in [4.78, 5) is 3.95. The zero-order valence-corrected chi connectivity index (χ0v) is 12.8. The molecule has 1 fully saturated rings. The number of halogens is 1. The molecule has 102 valence electrons. The molecule has 0 aromatic carbocycles. The molecular weight excluding hydrogens is 278 g/mol. The van der Waals surface area contributed by atoms with Gasteiger partial charge >= 0.3 is 0 Å². The van der Waals surface area contributed by atoms with Crippen LogP contribution in [0.2, 0.25) is 5.15 Å². The van der Waals surface area contributed by atoms with Crippen molar-refractivity contribution in [3.63, 3.8) is 0 Å². The Morgan fingerprint density at radius 1 is 1.47 bits per heavy atom. The van der Waals surface area contributed by atoms with Gasteiger partial charge in [-0.2, -0.15) is 5.10 Å². The average Bonchev–Trinajstić information content (AvgIpc) is 3.05. The van der Waals surface area contributed by atoms with Gasteiger partial charge in [-0.25, -0.2) is 0 Å². The average molecular weight is 296 g/mol. The van der Waals surface area contributed by atoms with E-state index in [4.69, 9.17) is 11.6 Å². The first-order chi connectivity index (χ1) is 9.15. The lowest BCUT2D eigenvalue weighted by atomic mass is 10.2. The normalized spacial score (nSPS) is 15.4. The number of thiophene rings is 1. The number of nitrogens with zero attached hydrogens (tertiary/aromatic N) is 3. The maximum atomic E-state index is 6.34. The zero-order valence-electron chi connectivity index (χ0n) is 11.3. The third-order valence-electron chi connectivity index (χ3n) is 3.63. The van der Waals surface area contributed by atoms with Crippen molar-refractivity contribution in [1.82, 2.24) is 14.7 Å². The van der Waals surface area contributed by atoms with E-state index < -0.39 is 0 Å². The Bertz CT molecular complexity index is 558. The fourth-order valence-corrected chi connectivity index (χ4v) is 3.38. The molecule has 0 aliphatic heterocycles. The number of rotatable bonds is 5. The van der Waals surface area contributed by atoms with Crippen molar-refractivity contribution in [2.45, 2.75) is 38.9 Å². The smallest absolute Gasteiger partial charge is 0.131 e. The molecular formula is C14H18ClN3S. The molecule has 0 unspecified atom stereocenters. The first-order valence-corrected chi connectivity index (χ1v) is 7.85. The fraction of sp³-hybridized carbons (Fsp3) is 0.500. The van der Waals surface area contributed by atoms with Crippen LogP contribution in [-0.2, 0) is 20.1 Å². The molecule has 0 spiro atoms. The minimum atomic E-state index is 0.720. The van der Waals surface area contributed by atoms with Crippen LogP contribution in [0.5, 0.6) is 0 Å². The lowest BCUT2D eigenvalue weighted by Crippen LogP contribution is -2.25. The number of hydrogen-bond donors (Lipinski definition) is 0. The van der Waals surface area contributed by atoms with Gasteiger partial charge in [-0.15, -0.1) is 11.3 Å². The van der Waals surface area contributed by atoms with E-state index in [1.165, 1.54) is 23.3 Å². The van der Waals surface area contributed by atoms with Crippen molar-refractivity contribution in [2.24, 2.45) is 7.05 Å². The molecule has 0 N–H and O–H groups in total. The molecule has 0 radical (unpaired) electrons. The summed E-state index contributed by atoms with van der Waals surface area (Å²) in [6.07, 6.45) is 2.62. The predicted octanol–water partition coefficient (Wildman–Crippen LogP) is 3.61. The quantitative estimate of drug-likeness (QED) is 0.840. The lowest BCUT2D eigenvalue weighted by Gasteiger charge is -2.21. The summed E-state index contributed by atoms with van der Waals surface area (Å²) in [6.45, 7) is 3.96.